The van der Waals surface area contributed by atoms with Crippen LogP contribution in [0.3, 0.4) is 0 Å². The van der Waals surface area contributed by atoms with Crippen LogP contribution in [0.5, 0.6) is 0 Å². The van der Waals surface area contributed by atoms with E-state index in [1.54, 1.807) is 0 Å². The molecular weight excluding hydrogens is 265 g/mol. The number of nitrogens with zero attached hydrogens (tertiary/aromatic N) is 1. The third kappa shape index (κ3) is 5.32. The molecule has 0 bridgehead atoms. The van der Waals surface area contributed by atoms with E-state index in [-0.39, 0.29) is 11.6 Å². The minimum atomic E-state index is -4.21. The second-order valence-corrected chi connectivity index (χ2v) is 5.05. The number of nitrogens with one attached hydrogen (secondary N) is 1. The highest BCUT2D eigenvalue weighted by Gasteiger charge is 2.30. The summed E-state index contributed by atoms with van der Waals surface area (Å²) in [5.41, 5.74) is 0.602. The van der Waals surface area contributed by atoms with Gasteiger partial charge in [0.15, 0.2) is 0 Å². The van der Waals surface area contributed by atoms with Crippen molar-refractivity contribution in [2.75, 3.05) is 13.7 Å². The second-order valence-electron chi connectivity index (χ2n) is 3.88. The summed E-state index contributed by atoms with van der Waals surface area (Å²) in [6.45, 7) is 3.66. The molecule has 7 heteroatoms. The molecule has 0 fully saturated rings. The fourth-order valence-corrected chi connectivity index (χ4v) is 2.52. The third-order valence-corrected chi connectivity index (χ3v) is 3.27. The summed E-state index contributed by atoms with van der Waals surface area (Å²) in [4.78, 5) is 4.82. The first-order chi connectivity index (χ1) is 8.46. The number of ether oxygens (including phenoxy) is 1. The van der Waals surface area contributed by atoms with E-state index in [1.807, 2.05) is 6.92 Å². The summed E-state index contributed by atoms with van der Waals surface area (Å²) in [5, 5.41) is 3.26. The molecule has 18 heavy (non-hydrogen) atoms. The Balaban J connectivity index is 2.73. The van der Waals surface area contributed by atoms with Crippen molar-refractivity contribution in [3.05, 3.63) is 15.6 Å². The van der Waals surface area contributed by atoms with Crippen molar-refractivity contribution < 1.29 is 17.9 Å². The fraction of sp³-hybridized carbons (Fsp3) is 0.727. The van der Waals surface area contributed by atoms with Crippen LogP contribution in [0.1, 0.15) is 28.9 Å². The number of alkyl halides is 3. The normalized spacial score (nSPS) is 12.1. The lowest BCUT2D eigenvalue weighted by Crippen LogP contribution is -2.14. The molecule has 0 atom stereocenters. The average Bonchev–Trinajstić information content (AvgIpc) is 2.59. The minimum absolute atomic E-state index is 0.0999. The van der Waals surface area contributed by atoms with E-state index in [0.29, 0.717) is 12.2 Å². The molecule has 0 aliphatic rings. The quantitative estimate of drug-likeness (QED) is 0.781. The molecule has 0 unspecified atom stereocenters. The van der Waals surface area contributed by atoms with Crippen molar-refractivity contribution in [1.82, 2.24) is 10.3 Å². The van der Waals surface area contributed by atoms with Gasteiger partial charge in [0.05, 0.1) is 18.7 Å². The van der Waals surface area contributed by atoms with Gasteiger partial charge in [-0.25, -0.2) is 4.98 Å². The lowest BCUT2D eigenvalue weighted by molar-refractivity contribution is -0.127. The molecule has 0 aromatic carbocycles. The van der Waals surface area contributed by atoms with Crippen LogP contribution in [0.4, 0.5) is 13.2 Å². The Morgan fingerprint density at radius 1 is 1.39 bits per heavy atom. The zero-order valence-electron chi connectivity index (χ0n) is 10.4. The van der Waals surface area contributed by atoms with Gasteiger partial charge >= 0.3 is 6.18 Å². The van der Waals surface area contributed by atoms with E-state index in [2.05, 4.69) is 10.3 Å². The summed E-state index contributed by atoms with van der Waals surface area (Å²) in [7, 11) is 1.51. The first kappa shape index (κ1) is 15.4. The number of rotatable bonds is 7. The van der Waals surface area contributed by atoms with Gasteiger partial charge < -0.3 is 10.1 Å². The predicted octanol–water partition coefficient (Wildman–Crippen LogP) is 2.89. The molecule has 0 saturated heterocycles. The van der Waals surface area contributed by atoms with E-state index >= 15 is 0 Å². The maximum Gasteiger partial charge on any atom is 0.395 e. The van der Waals surface area contributed by atoms with Crippen molar-refractivity contribution in [3.8, 4) is 0 Å². The molecule has 0 spiro atoms. The topological polar surface area (TPSA) is 34.2 Å². The smallest absolute Gasteiger partial charge is 0.378 e. The van der Waals surface area contributed by atoms with Gasteiger partial charge in [-0.3, -0.25) is 0 Å². The first-order valence-electron chi connectivity index (χ1n) is 5.70. The standard InChI is InChI=1S/C11H17F3N2OS/c1-3-4-15-6-9-8(7-17-2)16-10(18-9)5-11(12,13)14/h15H,3-7H2,1-2H3. The molecular formula is C11H17F3N2OS. The molecule has 1 heterocycles. The van der Waals surface area contributed by atoms with Crippen LogP contribution in [0.2, 0.25) is 0 Å². The number of hydrogen-bond acceptors (Lipinski definition) is 4. The number of aromatic nitrogens is 1. The Morgan fingerprint density at radius 2 is 2.11 bits per heavy atom. The number of halogens is 3. The van der Waals surface area contributed by atoms with Gasteiger partial charge in [0.2, 0.25) is 0 Å². The molecule has 0 aliphatic heterocycles. The van der Waals surface area contributed by atoms with Gasteiger partial charge in [-0.15, -0.1) is 11.3 Å². The lowest BCUT2D eigenvalue weighted by Gasteiger charge is -2.02. The van der Waals surface area contributed by atoms with Gasteiger partial charge in [-0.05, 0) is 13.0 Å². The van der Waals surface area contributed by atoms with Gasteiger partial charge in [0.25, 0.3) is 0 Å². The van der Waals surface area contributed by atoms with Gasteiger partial charge in [0.1, 0.15) is 5.01 Å². The summed E-state index contributed by atoms with van der Waals surface area (Å²) in [6, 6.07) is 0. The molecule has 0 aliphatic carbocycles. The van der Waals surface area contributed by atoms with E-state index in [0.717, 1.165) is 29.2 Å². The van der Waals surface area contributed by atoms with Crippen LogP contribution in [0.25, 0.3) is 0 Å². The van der Waals surface area contributed by atoms with Crippen LogP contribution < -0.4 is 5.32 Å². The highest BCUT2D eigenvalue weighted by atomic mass is 32.1. The molecule has 1 aromatic rings. The van der Waals surface area contributed by atoms with Gasteiger partial charge in [-0.2, -0.15) is 13.2 Å². The summed E-state index contributed by atoms with van der Waals surface area (Å²) in [6.07, 6.45) is -4.20. The highest BCUT2D eigenvalue weighted by molar-refractivity contribution is 7.11. The van der Waals surface area contributed by atoms with Crippen LogP contribution >= 0.6 is 11.3 Å². The summed E-state index contributed by atoms with van der Waals surface area (Å²) < 4.78 is 41.8. The third-order valence-electron chi connectivity index (χ3n) is 2.17. The van der Waals surface area contributed by atoms with E-state index < -0.39 is 12.6 Å². The largest absolute Gasteiger partial charge is 0.395 e. The van der Waals surface area contributed by atoms with Crippen LogP contribution in [0.15, 0.2) is 0 Å². The van der Waals surface area contributed by atoms with E-state index in [9.17, 15) is 13.2 Å². The van der Waals surface area contributed by atoms with Crippen LogP contribution in [-0.2, 0) is 24.3 Å². The molecule has 0 saturated carbocycles. The average molecular weight is 282 g/mol. The Hall–Kier alpha value is -0.660. The SMILES string of the molecule is CCCNCc1sc(CC(F)(F)F)nc1COC. The Bertz CT molecular complexity index is 366. The molecule has 0 amide bonds. The number of hydrogen-bond donors (Lipinski definition) is 1. The highest BCUT2D eigenvalue weighted by Crippen LogP contribution is 2.26. The van der Waals surface area contributed by atoms with Crippen molar-refractivity contribution in [2.24, 2.45) is 0 Å². The molecule has 1 aromatic heterocycles. The predicted molar refractivity (Wildman–Crippen MR) is 64.6 cm³/mol. The molecule has 1 rings (SSSR count). The molecule has 1 N–H and O–H groups in total. The molecule has 3 nitrogen and oxygen atoms in total. The number of methoxy groups -OCH3 is 1. The first-order valence-corrected chi connectivity index (χ1v) is 6.51. The van der Waals surface area contributed by atoms with Crippen molar-refractivity contribution in [3.63, 3.8) is 0 Å². The lowest BCUT2D eigenvalue weighted by atomic mass is 10.3. The number of thiazole rings is 1. The Labute approximate surface area is 108 Å². The molecule has 104 valence electrons. The van der Waals surface area contributed by atoms with Gasteiger partial charge in [0, 0.05) is 18.5 Å². The zero-order valence-corrected chi connectivity index (χ0v) is 11.2. The van der Waals surface area contributed by atoms with Crippen molar-refractivity contribution in [2.45, 2.75) is 39.1 Å². The van der Waals surface area contributed by atoms with E-state index in [1.165, 1.54) is 7.11 Å². The van der Waals surface area contributed by atoms with Crippen molar-refractivity contribution in [1.29, 1.82) is 0 Å². The van der Waals surface area contributed by atoms with E-state index in [4.69, 9.17) is 4.74 Å². The summed E-state index contributed by atoms with van der Waals surface area (Å²) >= 11 is 1.10. The van der Waals surface area contributed by atoms with Crippen LogP contribution in [0, 0.1) is 0 Å². The molecule has 0 radical (unpaired) electrons. The van der Waals surface area contributed by atoms with Crippen LogP contribution in [-0.4, -0.2) is 24.8 Å². The van der Waals surface area contributed by atoms with Gasteiger partial charge in [-0.1, -0.05) is 6.92 Å². The monoisotopic (exact) mass is 282 g/mol. The zero-order chi connectivity index (χ0) is 13.6. The maximum atomic E-state index is 12.3. The minimum Gasteiger partial charge on any atom is -0.378 e. The van der Waals surface area contributed by atoms with Crippen molar-refractivity contribution >= 4 is 11.3 Å². The summed E-state index contributed by atoms with van der Waals surface area (Å²) in [5.74, 6) is 0. The second kappa shape index (κ2) is 7.06. The fourth-order valence-electron chi connectivity index (χ4n) is 1.45. The maximum absolute atomic E-state index is 12.3. The Kier molecular flexibility index (Phi) is 6.04. The Morgan fingerprint density at radius 3 is 2.67 bits per heavy atom.